The Kier molecular flexibility index (Phi) is 6.83. The lowest BCUT2D eigenvalue weighted by Crippen LogP contribution is -2.30. The average molecular weight is 361 g/mol. The summed E-state index contributed by atoms with van der Waals surface area (Å²) < 4.78 is 5.58. The fourth-order valence-electron chi connectivity index (χ4n) is 2.12. The third kappa shape index (κ3) is 5.80. The molecule has 2 amide bonds. The third-order valence-electron chi connectivity index (χ3n) is 3.42. The van der Waals surface area contributed by atoms with Crippen LogP contribution in [-0.4, -0.2) is 17.9 Å². The van der Waals surface area contributed by atoms with E-state index in [0.29, 0.717) is 28.6 Å². The van der Waals surface area contributed by atoms with Gasteiger partial charge in [0.1, 0.15) is 5.75 Å². The molecule has 0 aliphatic rings. The van der Waals surface area contributed by atoms with Gasteiger partial charge in [-0.25, -0.2) is 0 Å². The standard InChI is InChI=1S/C19H21ClN2O3/c1-3-6-18(23)21-14-9-11-15(12-10-14)22-19(24)13(2)25-17-8-5-4-7-16(17)20/h4-5,7-13H,3,6H2,1-2H3,(H,21,23)(H,22,24). The number of benzene rings is 2. The second kappa shape index (κ2) is 9.08. The largest absolute Gasteiger partial charge is 0.479 e. The zero-order valence-electron chi connectivity index (χ0n) is 14.2. The Morgan fingerprint density at radius 2 is 1.64 bits per heavy atom. The smallest absolute Gasteiger partial charge is 0.265 e. The van der Waals surface area contributed by atoms with Gasteiger partial charge in [0.15, 0.2) is 6.10 Å². The van der Waals surface area contributed by atoms with Gasteiger partial charge in [-0.15, -0.1) is 0 Å². The van der Waals surface area contributed by atoms with Gasteiger partial charge in [-0.2, -0.15) is 0 Å². The van der Waals surface area contributed by atoms with Crippen LogP contribution in [0.3, 0.4) is 0 Å². The molecule has 132 valence electrons. The van der Waals surface area contributed by atoms with E-state index < -0.39 is 6.10 Å². The third-order valence-corrected chi connectivity index (χ3v) is 3.74. The van der Waals surface area contributed by atoms with Crippen LogP contribution in [0.1, 0.15) is 26.7 Å². The van der Waals surface area contributed by atoms with E-state index >= 15 is 0 Å². The van der Waals surface area contributed by atoms with Gasteiger partial charge in [0.2, 0.25) is 5.91 Å². The van der Waals surface area contributed by atoms with E-state index in [4.69, 9.17) is 16.3 Å². The lowest BCUT2D eigenvalue weighted by atomic mass is 10.2. The SMILES string of the molecule is CCCC(=O)Nc1ccc(NC(=O)C(C)Oc2ccccc2Cl)cc1. The number of anilines is 2. The van der Waals surface area contributed by atoms with E-state index in [1.54, 1.807) is 55.5 Å². The maximum Gasteiger partial charge on any atom is 0.265 e. The molecular formula is C19H21ClN2O3. The van der Waals surface area contributed by atoms with Gasteiger partial charge in [0.05, 0.1) is 5.02 Å². The zero-order valence-corrected chi connectivity index (χ0v) is 15.0. The van der Waals surface area contributed by atoms with Gasteiger partial charge in [-0.05, 0) is 49.7 Å². The lowest BCUT2D eigenvalue weighted by molar-refractivity contribution is -0.122. The second-order valence-corrected chi connectivity index (χ2v) is 5.96. The highest BCUT2D eigenvalue weighted by Gasteiger charge is 2.16. The topological polar surface area (TPSA) is 67.4 Å². The Labute approximate surface area is 152 Å². The average Bonchev–Trinajstić information content (AvgIpc) is 2.59. The lowest BCUT2D eigenvalue weighted by Gasteiger charge is -2.15. The minimum atomic E-state index is -0.705. The number of nitrogens with one attached hydrogen (secondary N) is 2. The quantitative estimate of drug-likeness (QED) is 0.764. The van der Waals surface area contributed by atoms with Crippen molar-refractivity contribution in [3.05, 3.63) is 53.6 Å². The fourth-order valence-corrected chi connectivity index (χ4v) is 2.30. The van der Waals surface area contributed by atoms with E-state index in [2.05, 4.69) is 10.6 Å². The minimum Gasteiger partial charge on any atom is -0.479 e. The van der Waals surface area contributed by atoms with Crippen LogP contribution >= 0.6 is 11.6 Å². The minimum absolute atomic E-state index is 0.0268. The summed E-state index contributed by atoms with van der Waals surface area (Å²) in [5.41, 5.74) is 1.31. The molecule has 2 N–H and O–H groups in total. The molecule has 1 atom stereocenters. The van der Waals surface area contributed by atoms with E-state index in [1.165, 1.54) is 0 Å². The Morgan fingerprint density at radius 3 is 2.24 bits per heavy atom. The van der Waals surface area contributed by atoms with Crippen molar-refractivity contribution < 1.29 is 14.3 Å². The summed E-state index contributed by atoms with van der Waals surface area (Å²) in [5.74, 6) is 0.143. The molecule has 0 aliphatic heterocycles. The zero-order chi connectivity index (χ0) is 18.2. The van der Waals surface area contributed by atoms with Crippen molar-refractivity contribution in [2.24, 2.45) is 0 Å². The van der Waals surface area contributed by atoms with Crippen molar-refractivity contribution in [3.8, 4) is 5.75 Å². The summed E-state index contributed by atoms with van der Waals surface area (Å²) in [5, 5.41) is 6.01. The summed E-state index contributed by atoms with van der Waals surface area (Å²) in [7, 11) is 0. The van der Waals surface area contributed by atoms with Crippen molar-refractivity contribution in [2.45, 2.75) is 32.8 Å². The maximum absolute atomic E-state index is 12.2. The van der Waals surface area contributed by atoms with Gasteiger partial charge < -0.3 is 15.4 Å². The molecule has 2 aromatic carbocycles. The number of carbonyl (C=O) groups is 2. The summed E-state index contributed by atoms with van der Waals surface area (Å²) in [6.07, 6.45) is 0.572. The number of amides is 2. The van der Waals surface area contributed by atoms with E-state index in [0.717, 1.165) is 6.42 Å². The predicted octanol–water partition coefficient (Wildman–Crippen LogP) is 4.48. The molecule has 0 fully saturated rings. The normalized spacial score (nSPS) is 11.5. The molecule has 0 bridgehead atoms. The number of carbonyl (C=O) groups excluding carboxylic acids is 2. The van der Waals surface area contributed by atoms with Gasteiger partial charge >= 0.3 is 0 Å². The molecule has 6 heteroatoms. The van der Waals surface area contributed by atoms with E-state index in [9.17, 15) is 9.59 Å². The Balaban J connectivity index is 1.91. The molecule has 25 heavy (non-hydrogen) atoms. The summed E-state index contributed by atoms with van der Waals surface area (Å²) >= 11 is 6.02. The number of ether oxygens (including phenoxy) is 1. The van der Waals surface area contributed by atoms with Crippen LogP contribution in [0.25, 0.3) is 0 Å². The monoisotopic (exact) mass is 360 g/mol. The molecular weight excluding hydrogens is 340 g/mol. The molecule has 2 rings (SSSR count). The van der Waals surface area contributed by atoms with E-state index in [1.807, 2.05) is 6.92 Å². The van der Waals surface area contributed by atoms with Crippen LogP contribution in [0, 0.1) is 0 Å². The van der Waals surface area contributed by atoms with Crippen molar-refractivity contribution in [2.75, 3.05) is 10.6 Å². The summed E-state index contributed by atoms with van der Waals surface area (Å²) in [6, 6.07) is 13.9. The van der Waals surface area contributed by atoms with Crippen molar-refractivity contribution in [1.82, 2.24) is 0 Å². The highest BCUT2D eigenvalue weighted by Crippen LogP contribution is 2.24. The number of rotatable bonds is 7. The van der Waals surface area contributed by atoms with Crippen LogP contribution in [-0.2, 0) is 9.59 Å². The predicted molar refractivity (Wildman–Crippen MR) is 100 cm³/mol. The molecule has 2 aromatic rings. The molecule has 0 saturated carbocycles. The molecule has 0 saturated heterocycles. The van der Waals surface area contributed by atoms with Crippen LogP contribution in [0.2, 0.25) is 5.02 Å². The molecule has 0 radical (unpaired) electrons. The Hall–Kier alpha value is -2.53. The molecule has 0 aliphatic carbocycles. The van der Waals surface area contributed by atoms with E-state index in [-0.39, 0.29) is 11.8 Å². The number of hydrogen-bond acceptors (Lipinski definition) is 3. The molecule has 0 heterocycles. The van der Waals surface area contributed by atoms with Gasteiger partial charge in [-0.3, -0.25) is 9.59 Å². The van der Waals surface area contributed by atoms with Gasteiger partial charge in [-0.1, -0.05) is 30.7 Å². The van der Waals surface area contributed by atoms with Crippen LogP contribution < -0.4 is 15.4 Å². The van der Waals surface area contributed by atoms with Crippen molar-refractivity contribution in [1.29, 1.82) is 0 Å². The molecule has 0 aromatic heterocycles. The highest BCUT2D eigenvalue weighted by molar-refractivity contribution is 6.32. The van der Waals surface area contributed by atoms with Crippen LogP contribution in [0.4, 0.5) is 11.4 Å². The molecule has 5 nitrogen and oxygen atoms in total. The summed E-state index contributed by atoms with van der Waals surface area (Å²) in [4.78, 5) is 23.8. The van der Waals surface area contributed by atoms with Crippen molar-refractivity contribution in [3.63, 3.8) is 0 Å². The Bertz CT molecular complexity index is 732. The number of hydrogen-bond donors (Lipinski definition) is 2. The number of halogens is 1. The first-order valence-electron chi connectivity index (χ1n) is 8.11. The second-order valence-electron chi connectivity index (χ2n) is 5.56. The first kappa shape index (κ1) is 18.8. The fraction of sp³-hybridized carbons (Fsp3) is 0.263. The summed E-state index contributed by atoms with van der Waals surface area (Å²) in [6.45, 7) is 3.60. The van der Waals surface area contributed by atoms with Crippen LogP contribution in [0.15, 0.2) is 48.5 Å². The first-order valence-corrected chi connectivity index (χ1v) is 8.49. The first-order chi connectivity index (χ1) is 12.0. The van der Waals surface area contributed by atoms with Crippen LogP contribution in [0.5, 0.6) is 5.75 Å². The highest BCUT2D eigenvalue weighted by atomic mass is 35.5. The van der Waals surface area contributed by atoms with Crippen molar-refractivity contribution >= 4 is 34.8 Å². The number of para-hydroxylation sites is 1. The van der Waals surface area contributed by atoms with Gasteiger partial charge in [0.25, 0.3) is 5.91 Å². The molecule has 1 unspecified atom stereocenters. The van der Waals surface area contributed by atoms with Gasteiger partial charge in [0, 0.05) is 17.8 Å². The Morgan fingerprint density at radius 1 is 1.04 bits per heavy atom. The maximum atomic E-state index is 12.2. The molecule has 0 spiro atoms.